The van der Waals surface area contributed by atoms with Gasteiger partial charge in [-0.2, -0.15) is 0 Å². The van der Waals surface area contributed by atoms with Crippen LogP contribution in [0.25, 0.3) is 0 Å². The summed E-state index contributed by atoms with van der Waals surface area (Å²) in [7, 11) is -1.75. The molecule has 1 unspecified atom stereocenters. The number of likely N-dealkylation sites (N-methyl/N-ethyl adjacent to an activating group) is 1. The highest BCUT2D eigenvalue weighted by Gasteiger charge is 2.52. The number of nitrogens with zero attached hydrogens (tertiary/aromatic N) is 2. The summed E-state index contributed by atoms with van der Waals surface area (Å²) in [5.74, 6) is 2.13. The van der Waals surface area contributed by atoms with E-state index in [-0.39, 0.29) is 25.2 Å². The second kappa shape index (κ2) is 8.70. The second-order valence-corrected chi connectivity index (χ2v) is 11.5. The number of fused-ring (bicyclic) bond motifs is 1. The summed E-state index contributed by atoms with van der Waals surface area (Å²) in [5, 5.41) is 3.07. The number of amidine groups is 1. The van der Waals surface area contributed by atoms with Crippen molar-refractivity contribution in [3.05, 3.63) is 70.3 Å². The van der Waals surface area contributed by atoms with E-state index in [1.54, 1.807) is 0 Å². The zero-order valence-electron chi connectivity index (χ0n) is 19.9. The summed E-state index contributed by atoms with van der Waals surface area (Å²) < 4.78 is 35.4. The highest BCUT2D eigenvalue weighted by molar-refractivity contribution is 7.88. The van der Waals surface area contributed by atoms with Crippen LogP contribution >= 0.6 is 0 Å². The number of carbonyl (C=O) groups is 1. The molecular formula is C26H27N3O5S. The topological polar surface area (TPSA) is 97.3 Å². The molecule has 1 N–H and O–H groups in total. The Morgan fingerprint density at radius 3 is 2.69 bits per heavy atom. The Balaban J connectivity index is 1.34. The maximum atomic E-state index is 13.3. The summed E-state index contributed by atoms with van der Waals surface area (Å²) in [6, 6.07) is 5.69. The molecule has 9 heteroatoms. The second-order valence-electron chi connectivity index (χ2n) is 9.44. The first-order valence-corrected chi connectivity index (χ1v) is 13.3. The Bertz CT molecular complexity index is 1400. The Morgan fingerprint density at radius 2 is 2.00 bits per heavy atom. The first-order valence-electron chi connectivity index (χ1n) is 11.5. The number of rotatable bonds is 6. The fraction of sp³-hybridized carbons (Fsp3) is 0.385. The van der Waals surface area contributed by atoms with Gasteiger partial charge in [0.1, 0.15) is 5.84 Å². The average molecular weight is 494 g/mol. The van der Waals surface area contributed by atoms with E-state index in [0.29, 0.717) is 35.0 Å². The lowest BCUT2D eigenvalue weighted by Gasteiger charge is -2.22. The molecule has 2 heterocycles. The fourth-order valence-corrected chi connectivity index (χ4v) is 4.69. The van der Waals surface area contributed by atoms with E-state index < -0.39 is 15.4 Å². The molecule has 0 radical (unpaired) electrons. The van der Waals surface area contributed by atoms with Crippen molar-refractivity contribution in [2.45, 2.75) is 31.6 Å². The minimum atomic E-state index is -3.28. The van der Waals surface area contributed by atoms with Crippen molar-refractivity contribution >= 4 is 21.8 Å². The van der Waals surface area contributed by atoms with Crippen LogP contribution in [0.4, 0.5) is 0 Å². The highest BCUT2D eigenvalue weighted by Crippen LogP contribution is 2.50. The van der Waals surface area contributed by atoms with Gasteiger partial charge in [-0.15, -0.1) is 0 Å². The van der Waals surface area contributed by atoms with Gasteiger partial charge in [0.15, 0.2) is 11.5 Å². The normalized spacial score (nSPS) is 21.8. The van der Waals surface area contributed by atoms with E-state index in [1.807, 2.05) is 36.4 Å². The number of sulfonamides is 1. The van der Waals surface area contributed by atoms with Gasteiger partial charge < -0.3 is 14.8 Å². The molecule has 1 fully saturated rings. The molecule has 8 nitrogen and oxygen atoms in total. The van der Waals surface area contributed by atoms with E-state index >= 15 is 0 Å². The molecule has 1 aromatic rings. The number of allylic oxidation sites excluding steroid dienone is 2. The Hall–Kier alpha value is -3.35. The number of benzene rings is 1. The number of carbonyl (C=O) groups excluding carboxylic acids is 1. The van der Waals surface area contributed by atoms with E-state index in [0.717, 1.165) is 24.0 Å². The number of hydrogen-bond acceptors (Lipinski definition) is 6. The van der Waals surface area contributed by atoms with Crippen molar-refractivity contribution < 1.29 is 22.7 Å². The van der Waals surface area contributed by atoms with Gasteiger partial charge in [-0.25, -0.2) is 17.7 Å². The maximum absolute atomic E-state index is 13.3. The van der Waals surface area contributed by atoms with Gasteiger partial charge in [-0.3, -0.25) is 4.79 Å². The van der Waals surface area contributed by atoms with E-state index in [9.17, 15) is 13.2 Å². The molecule has 1 aromatic carbocycles. The van der Waals surface area contributed by atoms with Gasteiger partial charge >= 0.3 is 0 Å². The highest BCUT2D eigenvalue weighted by atomic mass is 32.2. The predicted molar refractivity (Wildman–Crippen MR) is 132 cm³/mol. The van der Waals surface area contributed by atoms with Gasteiger partial charge in [0.05, 0.1) is 22.9 Å². The molecule has 0 bridgehead atoms. The standard InChI is InChI=1S/C26H27N3O5S/c1-17-12-21(19-6-4-18(5-7-19)15-29(2)35(3,31)32)27-24(13-17)28-25(30)26(10-11-26)20-8-9-22-23(14-20)34-16-33-22/h4,6,8-9,12,14,17H,10-11,13,15-16H2,1-3H3,(H,27,28,30). The molecule has 4 aliphatic rings. The van der Waals surface area contributed by atoms with Crippen molar-refractivity contribution in [1.29, 1.82) is 0 Å². The molecule has 182 valence electrons. The lowest BCUT2D eigenvalue weighted by molar-refractivity contribution is -0.122. The minimum Gasteiger partial charge on any atom is -0.454 e. The number of nitrogens with one attached hydrogen (secondary N) is 1. The van der Waals surface area contributed by atoms with Crippen LogP contribution in [-0.4, -0.2) is 51.1 Å². The van der Waals surface area contributed by atoms with E-state index in [4.69, 9.17) is 14.5 Å². The minimum absolute atomic E-state index is 0.0572. The van der Waals surface area contributed by atoms with E-state index in [2.05, 4.69) is 23.7 Å². The molecule has 5 rings (SSSR count). The van der Waals surface area contributed by atoms with Gasteiger partial charge in [-0.05, 0) is 48.6 Å². The third-order valence-electron chi connectivity index (χ3n) is 6.62. The van der Waals surface area contributed by atoms with Crippen molar-refractivity contribution in [3.8, 4) is 11.5 Å². The Morgan fingerprint density at radius 1 is 1.23 bits per heavy atom. The molecule has 1 saturated carbocycles. The van der Waals surface area contributed by atoms with Gasteiger partial charge in [0, 0.05) is 25.6 Å². The quantitative estimate of drug-likeness (QED) is 0.615. The Labute approximate surface area is 205 Å². The molecule has 1 amide bonds. The lowest BCUT2D eigenvalue weighted by atomic mass is 9.93. The summed E-state index contributed by atoms with van der Waals surface area (Å²) in [6.45, 7) is 2.49. The molecular weight excluding hydrogens is 466 g/mol. The van der Waals surface area contributed by atoms with Crippen molar-refractivity contribution in [2.24, 2.45) is 10.9 Å². The largest absolute Gasteiger partial charge is 0.454 e. The molecule has 1 atom stereocenters. The first kappa shape index (κ1) is 23.4. The number of amides is 1. The molecule has 0 saturated heterocycles. The van der Waals surface area contributed by atoms with Crippen molar-refractivity contribution in [3.63, 3.8) is 0 Å². The van der Waals surface area contributed by atoms with Crippen molar-refractivity contribution in [1.82, 2.24) is 9.62 Å². The predicted octanol–water partition coefficient (Wildman–Crippen LogP) is 2.95. The van der Waals surface area contributed by atoms with Crippen LogP contribution in [0.3, 0.4) is 0 Å². The molecule has 2 aliphatic carbocycles. The summed E-state index contributed by atoms with van der Waals surface area (Å²) in [5.41, 5.74) is 8.65. The van der Waals surface area contributed by atoms with Gasteiger partial charge in [-0.1, -0.05) is 30.5 Å². The van der Waals surface area contributed by atoms with Crippen LogP contribution in [0, 0.1) is 5.92 Å². The maximum Gasteiger partial charge on any atom is 0.235 e. The van der Waals surface area contributed by atoms with Crippen LogP contribution in [0.5, 0.6) is 11.5 Å². The number of ether oxygens (including phenoxy) is 2. The van der Waals surface area contributed by atoms with Gasteiger partial charge in [0.25, 0.3) is 0 Å². The molecule has 2 aliphatic heterocycles. The SMILES string of the molecule is CC1C=C(C2=C=C=C(CN(C)S(C)(=O)=O)C=C2)N=C(NC(=O)C2(c3ccc4c(c3)OCO4)CC2)C1. The summed E-state index contributed by atoms with van der Waals surface area (Å²) >= 11 is 0. The number of aliphatic imine (C=N–C) groups is 1. The Kier molecular flexibility index (Phi) is 5.82. The van der Waals surface area contributed by atoms with Crippen LogP contribution in [0.1, 0.15) is 31.7 Å². The van der Waals surface area contributed by atoms with Crippen LogP contribution < -0.4 is 14.8 Å². The lowest BCUT2D eigenvalue weighted by Crippen LogP contribution is -2.40. The van der Waals surface area contributed by atoms with Crippen molar-refractivity contribution in [2.75, 3.05) is 26.6 Å². The molecule has 0 spiro atoms. The third kappa shape index (κ3) is 4.77. The number of hydrogen-bond donors (Lipinski definition) is 1. The summed E-state index contributed by atoms with van der Waals surface area (Å²) in [4.78, 5) is 18.0. The van der Waals surface area contributed by atoms with E-state index in [1.165, 1.54) is 17.6 Å². The zero-order valence-corrected chi connectivity index (χ0v) is 20.7. The average Bonchev–Trinajstić information content (AvgIpc) is 3.49. The monoisotopic (exact) mass is 493 g/mol. The fourth-order valence-electron chi connectivity index (χ4n) is 4.32. The van der Waals surface area contributed by atoms with Crippen LogP contribution in [0.2, 0.25) is 0 Å². The smallest absolute Gasteiger partial charge is 0.235 e. The molecule has 35 heavy (non-hydrogen) atoms. The summed E-state index contributed by atoms with van der Waals surface area (Å²) in [6.07, 6.45) is 9.06. The zero-order chi connectivity index (χ0) is 24.8. The van der Waals surface area contributed by atoms with Crippen LogP contribution in [0.15, 0.2) is 69.7 Å². The van der Waals surface area contributed by atoms with Gasteiger partial charge in [0.2, 0.25) is 22.7 Å². The van der Waals surface area contributed by atoms with Crippen LogP contribution in [-0.2, 0) is 20.2 Å². The first-order chi connectivity index (χ1) is 16.6. The third-order valence-corrected chi connectivity index (χ3v) is 7.89. The molecule has 0 aromatic heterocycles.